The second kappa shape index (κ2) is 7.64. The first-order valence-electron chi connectivity index (χ1n) is 8.20. The van der Waals surface area contributed by atoms with Gasteiger partial charge in [0.2, 0.25) is 10.0 Å². The summed E-state index contributed by atoms with van der Waals surface area (Å²) < 4.78 is 28.7. The van der Waals surface area contributed by atoms with Crippen LogP contribution < -0.4 is 4.72 Å². The van der Waals surface area contributed by atoms with E-state index in [1.807, 2.05) is 60.7 Å². The van der Waals surface area contributed by atoms with E-state index in [0.717, 1.165) is 11.1 Å². The summed E-state index contributed by atoms with van der Waals surface area (Å²) in [7, 11) is -3.81. The summed E-state index contributed by atoms with van der Waals surface area (Å²) in [6.45, 7) is 1.41. The molecule has 26 heavy (non-hydrogen) atoms. The van der Waals surface area contributed by atoms with Gasteiger partial charge in [-0.3, -0.25) is 4.79 Å². The third-order valence-electron chi connectivity index (χ3n) is 4.09. The summed E-state index contributed by atoms with van der Waals surface area (Å²) in [5, 5.41) is 0. The minimum Gasteiger partial charge on any atom is -0.295 e. The largest absolute Gasteiger partial charge is 0.295 e. The van der Waals surface area contributed by atoms with Crippen molar-refractivity contribution in [3.05, 3.63) is 102 Å². The molecule has 3 aromatic rings. The molecule has 0 fully saturated rings. The summed E-state index contributed by atoms with van der Waals surface area (Å²) in [4.78, 5) is 11.6. The van der Waals surface area contributed by atoms with Crippen LogP contribution >= 0.6 is 0 Å². The molecule has 0 radical (unpaired) electrons. The summed E-state index contributed by atoms with van der Waals surface area (Å²) in [6, 6.07) is 24.3. The molecule has 1 N–H and O–H groups in total. The van der Waals surface area contributed by atoms with Crippen molar-refractivity contribution in [1.29, 1.82) is 0 Å². The number of benzene rings is 3. The van der Waals surface area contributed by atoms with Crippen molar-refractivity contribution in [3.8, 4) is 0 Å². The van der Waals surface area contributed by atoms with Crippen LogP contribution in [0.1, 0.15) is 34.5 Å². The molecule has 0 bridgehead atoms. The summed E-state index contributed by atoms with van der Waals surface area (Å²) in [5.41, 5.74) is 2.04. The van der Waals surface area contributed by atoms with Crippen LogP contribution in [0.4, 0.5) is 0 Å². The van der Waals surface area contributed by atoms with E-state index in [-0.39, 0.29) is 10.7 Å². The highest BCUT2D eigenvalue weighted by molar-refractivity contribution is 7.89. The van der Waals surface area contributed by atoms with Gasteiger partial charge in [-0.25, -0.2) is 8.42 Å². The Kier molecular flexibility index (Phi) is 5.30. The lowest BCUT2D eigenvalue weighted by Gasteiger charge is -2.20. The monoisotopic (exact) mass is 365 g/mol. The molecule has 0 saturated carbocycles. The lowest BCUT2D eigenvalue weighted by atomic mass is 10.00. The van der Waals surface area contributed by atoms with Gasteiger partial charge in [-0.05, 0) is 30.2 Å². The van der Waals surface area contributed by atoms with E-state index in [0.29, 0.717) is 5.56 Å². The lowest BCUT2D eigenvalue weighted by Crippen LogP contribution is -2.29. The number of sulfonamides is 1. The highest BCUT2D eigenvalue weighted by Crippen LogP contribution is 2.24. The molecule has 3 rings (SSSR count). The average molecular weight is 365 g/mol. The molecule has 0 aromatic heterocycles. The van der Waals surface area contributed by atoms with Gasteiger partial charge in [0.15, 0.2) is 5.78 Å². The molecule has 0 amide bonds. The fourth-order valence-corrected chi connectivity index (χ4v) is 3.98. The van der Waals surface area contributed by atoms with Crippen LogP contribution in [0.15, 0.2) is 89.8 Å². The third-order valence-corrected chi connectivity index (χ3v) is 5.51. The molecule has 0 atom stereocenters. The molecule has 0 heterocycles. The molecular weight excluding hydrogens is 346 g/mol. The molecule has 0 aliphatic carbocycles. The van der Waals surface area contributed by atoms with E-state index in [4.69, 9.17) is 0 Å². The number of hydrogen-bond acceptors (Lipinski definition) is 3. The first-order chi connectivity index (χ1) is 12.5. The fourth-order valence-electron chi connectivity index (χ4n) is 2.72. The van der Waals surface area contributed by atoms with Crippen LogP contribution in [0, 0.1) is 0 Å². The Balaban J connectivity index is 2.01. The van der Waals surface area contributed by atoms with Crippen molar-refractivity contribution >= 4 is 15.8 Å². The zero-order valence-electron chi connectivity index (χ0n) is 14.3. The van der Waals surface area contributed by atoms with Gasteiger partial charge in [-0.1, -0.05) is 72.8 Å². The predicted molar refractivity (Wildman–Crippen MR) is 101 cm³/mol. The van der Waals surface area contributed by atoms with Gasteiger partial charge in [0.25, 0.3) is 0 Å². The van der Waals surface area contributed by atoms with Crippen LogP contribution in [0.5, 0.6) is 0 Å². The first kappa shape index (κ1) is 18.0. The van der Waals surface area contributed by atoms with Crippen LogP contribution in [0.2, 0.25) is 0 Å². The van der Waals surface area contributed by atoms with Gasteiger partial charge in [0, 0.05) is 5.56 Å². The standard InChI is InChI=1S/C21H19NO3S/c1-16(23)19-13-8-14-20(15-19)26(24,25)22-21(17-9-4-2-5-10-17)18-11-6-3-7-12-18/h2-15,21-22H,1H3. The fraction of sp³-hybridized carbons (Fsp3) is 0.0952. The number of hydrogen-bond donors (Lipinski definition) is 1. The second-order valence-corrected chi connectivity index (χ2v) is 7.67. The number of carbonyl (C=O) groups excluding carboxylic acids is 1. The smallest absolute Gasteiger partial charge is 0.241 e. The van der Waals surface area contributed by atoms with Gasteiger partial charge < -0.3 is 0 Å². The number of rotatable bonds is 6. The third kappa shape index (κ3) is 4.07. The maximum absolute atomic E-state index is 12.9. The minimum absolute atomic E-state index is 0.0714. The maximum atomic E-state index is 12.9. The average Bonchev–Trinajstić information content (AvgIpc) is 2.67. The Morgan fingerprint density at radius 2 is 1.35 bits per heavy atom. The molecule has 0 unspecified atom stereocenters. The van der Waals surface area contributed by atoms with Crippen molar-refractivity contribution in [1.82, 2.24) is 4.72 Å². The van der Waals surface area contributed by atoms with Gasteiger partial charge in [-0.2, -0.15) is 4.72 Å². The number of Topliss-reactive ketones (excluding diaryl/α,β-unsaturated/α-hetero) is 1. The molecular formula is C21H19NO3S. The van der Waals surface area contributed by atoms with Crippen LogP contribution in [0.25, 0.3) is 0 Å². The Morgan fingerprint density at radius 1 is 0.808 bits per heavy atom. The molecule has 0 aliphatic rings. The van der Waals surface area contributed by atoms with Crippen molar-refractivity contribution in [3.63, 3.8) is 0 Å². The zero-order valence-corrected chi connectivity index (χ0v) is 15.1. The van der Waals surface area contributed by atoms with Crippen molar-refractivity contribution < 1.29 is 13.2 Å². The molecule has 0 saturated heterocycles. The topological polar surface area (TPSA) is 63.2 Å². The molecule has 5 heteroatoms. The van der Waals surface area contributed by atoms with Crippen molar-refractivity contribution in [2.75, 3.05) is 0 Å². The minimum atomic E-state index is -3.81. The SMILES string of the molecule is CC(=O)c1cccc(S(=O)(=O)NC(c2ccccc2)c2ccccc2)c1. The first-order valence-corrected chi connectivity index (χ1v) is 9.69. The molecule has 0 spiro atoms. The van der Waals surface area contributed by atoms with Crippen LogP contribution in [0.3, 0.4) is 0 Å². The highest BCUT2D eigenvalue weighted by Gasteiger charge is 2.23. The van der Waals surface area contributed by atoms with Crippen molar-refractivity contribution in [2.45, 2.75) is 17.9 Å². The van der Waals surface area contributed by atoms with E-state index in [9.17, 15) is 13.2 Å². The van der Waals surface area contributed by atoms with E-state index in [2.05, 4.69) is 4.72 Å². The van der Waals surface area contributed by atoms with E-state index in [1.54, 1.807) is 12.1 Å². The van der Waals surface area contributed by atoms with E-state index >= 15 is 0 Å². The van der Waals surface area contributed by atoms with Crippen LogP contribution in [-0.2, 0) is 10.0 Å². The highest BCUT2D eigenvalue weighted by atomic mass is 32.2. The Labute approximate surface area is 153 Å². The van der Waals surface area contributed by atoms with Gasteiger partial charge in [0.05, 0.1) is 10.9 Å². The van der Waals surface area contributed by atoms with E-state index in [1.165, 1.54) is 19.1 Å². The zero-order chi connectivity index (χ0) is 18.6. The Morgan fingerprint density at radius 3 is 1.85 bits per heavy atom. The molecule has 3 aromatic carbocycles. The maximum Gasteiger partial charge on any atom is 0.241 e. The van der Waals surface area contributed by atoms with Gasteiger partial charge in [-0.15, -0.1) is 0 Å². The Hall–Kier alpha value is -2.76. The number of carbonyl (C=O) groups is 1. The summed E-state index contributed by atoms with van der Waals surface area (Å²) >= 11 is 0. The van der Waals surface area contributed by atoms with Gasteiger partial charge in [0.1, 0.15) is 0 Å². The number of nitrogens with one attached hydrogen (secondary N) is 1. The van der Waals surface area contributed by atoms with Gasteiger partial charge >= 0.3 is 0 Å². The molecule has 132 valence electrons. The molecule has 0 aliphatic heterocycles. The summed E-state index contributed by atoms with van der Waals surface area (Å²) in [6.07, 6.45) is 0. The number of ketones is 1. The lowest BCUT2D eigenvalue weighted by molar-refractivity contribution is 0.101. The van der Waals surface area contributed by atoms with E-state index < -0.39 is 16.1 Å². The van der Waals surface area contributed by atoms with Crippen LogP contribution in [-0.4, -0.2) is 14.2 Å². The predicted octanol–water partition coefficient (Wildman–Crippen LogP) is 3.96. The second-order valence-electron chi connectivity index (χ2n) is 5.96. The molecule has 4 nitrogen and oxygen atoms in total. The normalized spacial score (nSPS) is 11.5. The summed E-state index contributed by atoms with van der Waals surface area (Å²) in [5.74, 6) is -0.176. The Bertz CT molecular complexity index is 960. The van der Waals surface area contributed by atoms with Crippen molar-refractivity contribution in [2.24, 2.45) is 0 Å². The quantitative estimate of drug-likeness (QED) is 0.673.